The highest BCUT2D eigenvalue weighted by atomic mass is 32.1. The average molecular weight is 1460 g/mol. The van der Waals surface area contributed by atoms with Gasteiger partial charge in [-0.25, -0.2) is 0 Å². The molecule has 0 radical (unpaired) electrons. The molecule has 1 aliphatic rings. The highest BCUT2D eigenvalue weighted by molar-refractivity contribution is 7.16. The van der Waals surface area contributed by atoms with Gasteiger partial charge in [-0.1, -0.05) is 348 Å². The zero-order chi connectivity index (χ0) is 74.8. The van der Waals surface area contributed by atoms with E-state index in [1.807, 2.05) is 11.3 Å². The van der Waals surface area contributed by atoms with Crippen molar-refractivity contribution in [2.24, 2.45) is 11.8 Å². The third kappa shape index (κ3) is 21.0. The molecule has 7 nitrogen and oxygen atoms in total. The Morgan fingerprint density at radius 2 is 0.769 bits per heavy atom. The summed E-state index contributed by atoms with van der Waals surface area (Å²) in [5, 5.41) is 3.33. The van der Waals surface area contributed by atoms with Crippen molar-refractivity contribution < 1.29 is 4.79 Å². The summed E-state index contributed by atoms with van der Waals surface area (Å²) in [6.07, 6.45) is 52.7. The van der Waals surface area contributed by atoms with Gasteiger partial charge in [0, 0.05) is 45.1 Å². The number of carbonyl (C=O) groups is 1. The molecule has 7 aromatic heterocycles. The van der Waals surface area contributed by atoms with Crippen molar-refractivity contribution in [3.63, 3.8) is 0 Å². The maximum atomic E-state index is 17.1. The molecule has 0 spiro atoms. The van der Waals surface area contributed by atoms with E-state index >= 15 is 14.4 Å². The number of fused-ring (bicyclic) bond motifs is 4. The molecule has 0 bridgehead atoms. The smallest absolute Gasteiger partial charge is 0.264 e. The summed E-state index contributed by atoms with van der Waals surface area (Å²) >= 11 is 3.61. The molecule has 2 unspecified atom stereocenters. The monoisotopic (exact) mass is 1460 g/mol. The molecular formula is C95H148N4O3S2. The minimum Gasteiger partial charge on any atom is -0.340 e. The van der Waals surface area contributed by atoms with Crippen molar-refractivity contribution in [1.82, 2.24) is 18.3 Å². The number of carbonyl (C=O) groups excluding carboxylic acids is 1. The molecule has 8 rings (SSSR count). The highest BCUT2D eigenvalue weighted by Gasteiger charge is 2.39. The van der Waals surface area contributed by atoms with Crippen molar-refractivity contribution >= 4 is 62.7 Å². The average Bonchev–Trinajstić information content (AvgIpc) is 1.45. The van der Waals surface area contributed by atoms with Crippen molar-refractivity contribution in [2.45, 2.75) is 409 Å². The third-order valence-corrected chi connectivity index (χ3v) is 27.8. The second kappa shape index (κ2) is 42.9. The van der Waals surface area contributed by atoms with Gasteiger partial charge in [0.25, 0.3) is 17.0 Å². The molecule has 0 saturated carbocycles. The third-order valence-electron chi connectivity index (χ3n) is 25.3. The van der Waals surface area contributed by atoms with E-state index in [0.29, 0.717) is 23.2 Å². The molecule has 578 valence electrons. The summed E-state index contributed by atoms with van der Waals surface area (Å²) < 4.78 is 6.73. The summed E-state index contributed by atoms with van der Waals surface area (Å²) in [5.41, 5.74) is 8.53. The first-order valence-electron chi connectivity index (χ1n) is 43.9. The Kier molecular flexibility index (Phi) is 35.0. The second-order valence-corrected chi connectivity index (χ2v) is 36.4. The Hall–Kier alpha value is -4.73. The topological polar surface area (TPSA) is 68.2 Å². The SMILES string of the molecule is C=c1c2c(c(-c3ccc(C(C)(C)C(C)C)s3)n1CCCCCCCCCCCC)C(=O)N(CCCCCCCCCCCC)C=2c1ccc(-c2ccc3c(C(CCCCCC)CCCCCCCC)c4c(=O)n5c(C(C)(C)C(C)C)ccc5c(C(CCCCCC)CCCCCCCC)c4c(=O)n23)s1. The summed E-state index contributed by atoms with van der Waals surface area (Å²) in [5.74, 6) is 1.04. The summed E-state index contributed by atoms with van der Waals surface area (Å²) in [6, 6.07) is 18.2. The van der Waals surface area contributed by atoms with E-state index in [1.54, 1.807) is 11.3 Å². The summed E-state index contributed by atoms with van der Waals surface area (Å²) in [7, 11) is 0. The molecule has 2 atom stereocenters. The standard InChI is InChI=1S/C95H148N4O3S2/c1-16-22-28-34-38-40-42-44-48-54-68-96-72(11)83-88(90(96)80-65-67-82(104-80)95(14,15)71(9)10)91(100)97(69-55-49-45-43-41-39-35-29-23-17-2)89(83)79-64-63-78(103-79)75-60-61-76-84(73(56-50-32-26-20-5)58-52-46-36-30-24-18-3)87-86(92(101)98(75)76)85(74(57-51-33-27-21-6)59-53-47-37-31-25-19-4)77-62-66-81(99(77)93(87)102)94(12,13)70(7)8/h60-67,70-71,73-74H,11,16-59,68-69H2,1-10,12-15H3. The first-order valence-corrected chi connectivity index (χ1v) is 45.5. The fraction of sp³-hybridized carbons (Fsp3) is 0.695. The molecular weight excluding hydrogens is 1310 g/mol. The van der Waals surface area contributed by atoms with Gasteiger partial charge in [0.15, 0.2) is 0 Å². The maximum Gasteiger partial charge on any atom is 0.264 e. The van der Waals surface area contributed by atoms with Crippen LogP contribution in [0.25, 0.3) is 55.2 Å². The van der Waals surface area contributed by atoms with Gasteiger partial charge in [0.2, 0.25) is 0 Å². The Morgan fingerprint density at radius 3 is 1.22 bits per heavy atom. The number of unbranched alkanes of at least 4 members (excludes halogenated alkanes) is 34. The second-order valence-electron chi connectivity index (χ2n) is 34.2. The number of amides is 1. The fourth-order valence-corrected chi connectivity index (χ4v) is 19.7. The lowest BCUT2D eigenvalue weighted by Gasteiger charge is -2.30. The van der Waals surface area contributed by atoms with Crippen molar-refractivity contribution in [3.05, 3.63) is 112 Å². The number of hydrogen-bond acceptors (Lipinski definition) is 5. The molecule has 1 aliphatic heterocycles. The van der Waals surface area contributed by atoms with E-state index in [4.69, 9.17) is 6.58 Å². The van der Waals surface area contributed by atoms with Crippen LogP contribution in [-0.2, 0) is 17.4 Å². The summed E-state index contributed by atoms with van der Waals surface area (Å²) in [6.45, 7) is 39.0. The van der Waals surface area contributed by atoms with Gasteiger partial charge in [0.1, 0.15) is 0 Å². The molecule has 9 heteroatoms. The van der Waals surface area contributed by atoms with E-state index in [1.165, 1.54) is 198 Å². The van der Waals surface area contributed by atoms with Gasteiger partial charge >= 0.3 is 0 Å². The minimum atomic E-state index is -0.302. The normalized spacial score (nSPS) is 13.7. The van der Waals surface area contributed by atoms with Crippen LogP contribution >= 0.6 is 22.7 Å². The lowest BCUT2D eigenvalue weighted by Crippen LogP contribution is -2.32. The number of hydrogen-bond donors (Lipinski definition) is 0. The number of aromatic nitrogens is 3. The van der Waals surface area contributed by atoms with E-state index in [9.17, 15) is 0 Å². The van der Waals surface area contributed by atoms with Gasteiger partial charge in [-0.2, -0.15) is 0 Å². The van der Waals surface area contributed by atoms with Gasteiger partial charge in [-0.3, -0.25) is 23.2 Å². The van der Waals surface area contributed by atoms with E-state index in [2.05, 4.69) is 164 Å². The lowest BCUT2D eigenvalue weighted by molar-refractivity contribution is 0.0844. The Labute approximate surface area is 641 Å². The molecule has 104 heavy (non-hydrogen) atoms. The van der Waals surface area contributed by atoms with Crippen LogP contribution in [0.1, 0.15) is 428 Å². The Balaban J connectivity index is 1.38. The fourth-order valence-electron chi connectivity index (χ4n) is 17.3. The molecule has 7 aromatic rings. The van der Waals surface area contributed by atoms with E-state index < -0.39 is 0 Å². The molecule has 0 fully saturated rings. The van der Waals surface area contributed by atoms with Crippen LogP contribution in [0.5, 0.6) is 0 Å². The van der Waals surface area contributed by atoms with Crippen molar-refractivity contribution in [2.75, 3.05) is 6.54 Å². The predicted octanol–water partition coefficient (Wildman–Crippen LogP) is 28.1. The van der Waals surface area contributed by atoms with Gasteiger partial charge in [-0.15, -0.1) is 22.7 Å². The molecule has 0 N–H and O–H groups in total. The minimum absolute atomic E-state index is 0.000463. The van der Waals surface area contributed by atoms with Gasteiger partial charge in [0.05, 0.1) is 59.1 Å². The zero-order valence-corrected chi connectivity index (χ0v) is 70.6. The predicted molar refractivity (Wildman–Crippen MR) is 457 cm³/mol. The van der Waals surface area contributed by atoms with Crippen LogP contribution < -0.4 is 21.7 Å². The molecule has 0 aliphatic carbocycles. The zero-order valence-electron chi connectivity index (χ0n) is 69.0. The van der Waals surface area contributed by atoms with Crippen LogP contribution in [0.3, 0.4) is 0 Å². The maximum absolute atomic E-state index is 17.1. The number of pyridine rings is 2. The molecule has 0 aromatic carbocycles. The first-order chi connectivity index (χ1) is 50.4. The van der Waals surface area contributed by atoms with E-state index in [-0.39, 0.29) is 45.6 Å². The van der Waals surface area contributed by atoms with Crippen LogP contribution in [0.15, 0.2) is 58.1 Å². The lowest BCUT2D eigenvalue weighted by atomic mass is 9.78. The number of nitrogens with zero attached hydrogens (tertiary/aromatic N) is 4. The largest absolute Gasteiger partial charge is 0.340 e. The van der Waals surface area contributed by atoms with Crippen LogP contribution in [0, 0.1) is 11.8 Å². The van der Waals surface area contributed by atoms with Crippen molar-refractivity contribution in [3.8, 4) is 21.1 Å². The van der Waals surface area contributed by atoms with Crippen LogP contribution in [0.2, 0.25) is 0 Å². The van der Waals surface area contributed by atoms with Gasteiger partial charge in [-0.05, 0) is 122 Å². The van der Waals surface area contributed by atoms with Gasteiger partial charge < -0.3 is 9.47 Å². The highest BCUT2D eigenvalue weighted by Crippen LogP contribution is 2.46. The Morgan fingerprint density at radius 1 is 0.394 bits per heavy atom. The summed E-state index contributed by atoms with van der Waals surface area (Å²) in [4.78, 5) is 56.7. The number of rotatable bonds is 55. The molecule has 1 amide bonds. The van der Waals surface area contributed by atoms with E-state index in [0.717, 1.165) is 172 Å². The quantitative estimate of drug-likeness (QED) is 0.0357. The first kappa shape index (κ1) is 84.9. The van der Waals surface area contributed by atoms with Crippen LogP contribution in [-0.4, -0.2) is 30.7 Å². The molecule has 0 saturated heterocycles. The number of thiophene rings is 2. The van der Waals surface area contributed by atoms with Crippen LogP contribution in [0.4, 0.5) is 0 Å². The molecule has 8 heterocycles. The Bertz CT molecular complexity index is 3950. The van der Waals surface area contributed by atoms with Crippen molar-refractivity contribution in [1.29, 1.82) is 0 Å².